The van der Waals surface area contributed by atoms with E-state index in [1.165, 1.54) is 6.07 Å². The second-order valence-corrected chi connectivity index (χ2v) is 11.8. The van der Waals surface area contributed by atoms with Crippen LogP contribution in [-0.4, -0.2) is 19.4 Å². The molecular formula is C36H30F10O3. The van der Waals surface area contributed by atoms with Gasteiger partial charge in [-0.1, -0.05) is 44.4 Å². The third kappa shape index (κ3) is 8.74. The number of unbranched alkanes of at least 4 members (excludes halogenated alkanes) is 2. The number of alkyl halides is 5. The van der Waals surface area contributed by atoms with Crippen LogP contribution >= 0.6 is 0 Å². The summed E-state index contributed by atoms with van der Waals surface area (Å²) in [6.07, 6.45) is -7.79. The standard InChI is InChI=1S/C36H30F10O3/c1-2-3-4-5-20-18-47-34(48-19-20)22-7-11-28(33(41)13-22)36(45,46)49-24-8-10-25(32(40)16-24)21-6-9-26(29(37)12-21)23-14-30(38)27(31(39)15-23)17-35(42,43)44/h6-16,20,34H,2-5,17-19H2,1H3. The lowest BCUT2D eigenvalue weighted by Crippen LogP contribution is -2.27. The van der Waals surface area contributed by atoms with Crippen molar-refractivity contribution in [2.45, 2.75) is 57.6 Å². The lowest BCUT2D eigenvalue weighted by atomic mass is 9.97. The molecule has 1 aliphatic heterocycles. The van der Waals surface area contributed by atoms with E-state index in [-0.39, 0.29) is 28.2 Å². The van der Waals surface area contributed by atoms with Gasteiger partial charge in [0.1, 0.15) is 34.8 Å². The molecule has 1 aliphatic rings. The molecule has 0 bridgehead atoms. The maximum atomic E-state index is 15.1. The van der Waals surface area contributed by atoms with Crippen LogP contribution in [0, 0.1) is 35.0 Å². The smallest absolute Gasteiger partial charge is 0.429 e. The Balaban J connectivity index is 1.27. The van der Waals surface area contributed by atoms with Crippen LogP contribution < -0.4 is 4.74 Å². The van der Waals surface area contributed by atoms with E-state index in [1.54, 1.807) is 0 Å². The highest BCUT2D eigenvalue weighted by Crippen LogP contribution is 2.38. The average molecular weight is 701 g/mol. The maximum Gasteiger partial charge on any atom is 0.429 e. The molecule has 0 saturated carbocycles. The van der Waals surface area contributed by atoms with E-state index >= 15 is 17.6 Å². The summed E-state index contributed by atoms with van der Waals surface area (Å²) in [6, 6.07) is 9.54. The summed E-state index contributed by atoms with van der Waals surface area (Å²) in [5.74, 6) is -7.06. The molecule has 1 heterocycles. The normalized spacial score (nSPS) is 17.0. The zero-order valence-electron chi connectivity index (χ0n) is 26.0. The highest BCUT2D eigenvalue weighted by Gasteiger charge is 2.39. The first kappa shape index (κ1) is 36.2. The van der Waals surface area contributed by atoms with Gasteiger partial charge in [0.15, 0.2) is 6.29 Å². The molecule has 49 heavy (non-hydrogen) atoms. The zero-order valence-corrected chi connectivity index (χ0v) is 26.0. The molecule has 0 radical (unpaired) electrons. The van der Waals surface area contributed by atoms with Crippen LogP contribution in [0.4, 0.5) is 43.9 Å². The Morgan fingerprint density at radius 3 is 1.88 bits per heavy atom. The first-order chi connectivity index (χ1) is 23.1. The van der Waals surface area contributed by atoms with E-state index in [4.69, 9.17) is 9.47 Å². The first-order valence-corrected chi connectivity index (χ1v) is 15.4. The summed E-state index contributed by atoms with van der Waals surface area (Å²) in [5.41, 5.74) is -3.30. The van der Waals surface area contributed by atoms with Gasteiger partial charge in [-0.15, -0.1) is 0 Å². The lowest BCUT2D eigenvalue weighted by molar-refractivity contribution is -0.206. The topological polar surface area (TPSA) is 27.7 Å². The minimum absolute atomic E-state index is 0.104. The average Bonchev–Trinajstić information content (AvgIpc) is 3.02. The molecule has 0 aromatic heterocycles. The monoisotopic (exact) mass is 700 g/mol. The summed E-state index contributed by atoms with van der Waals surface area (Å²) in [6.45, 7) is 2.87. The number of rotatable bonds is 11. The van der Waals surface area contributed by atoms with Gasteiger partial charge in [-0.3, -0.25) is 0 Å². The molecule has 0 spiro atoms. The fraction of sp³-hybridized carbons (Fsp3) is 0.333. The molecule has 1 saturated heterocycles. The molecule has 0 atom stereocenters. The number of ether oxygens (including phenoxy) is 3. The maximum absolute atomic E-state index is 15.1. The van der Waals surface area contributed by atoms with E-state index < -0.39 is 76.5 Å². The van der Waals surface area contributed by atoms with Crippen molar-refractivity contribution in [3.05, 3.63) is 113 Å². The SMILES string of the molecule is CCCCCC1COC(c2ccc(C(F)(F)Oc3ccc(-c4ccc(-c5cc(F)c(CC(F)(F)F)c(F)c5)c(F)c4)c(F)c3)c(F)c2)OC1. The predicted octanol–water partition coefficient (Wildman–Crippen LogP) is 11.2. The second-order valence-electron chi connectivity index (χ2n) is 11.8. The van der Waals surface area contributed by atoms with E-state index in [0.29, 0.717) is 31.4 Å². The van der Waals surface area contributed by atoms with E-state index in [0.717, 1.165) is 68.1 Å². The molecule has 0 unspecified atom stereocenters. The van der Waals surface area contributed by atoms with Crippen LogP contribution in [0.1, 0.15) is 55.6 Å². The third-order valence-electron chi connectivity index (χ3n) is 8.06. The number of hydrogen-bond acceptors (Lipinski definition) is 3. The van der Waals surface area contributed by atoms with Gasteiger partial charge >= 0.3 is 12.3 Å². The van der Waals surface area contributed by atoms with E-state index in [1.807, 2.05) is 0 Å². The van der Waals surface area contributed by atoms with Crippen molar-refractivity contribution >= 4 is 0 Å². The first-order valence-electron chi connectivity index (χ1n) is 15.4. The van der Waals surface area contributed by atoms with Gasteiger partial charge in [-0.05, 0) is 60.0 Å². The Hall–Kier alpha value is -4.10. The predicted molar refractivity (Wildman–Crippen MR) is 160 cm³/mol. The van der Waals surface area contributed by atoms with Crippen molar-refractivity contribution in [2.24, 2.45) is 5.92 Å². The lowest BCUT2D eigenvalue weighted by Gasteiger charge is -2.30. The van der Waals surface area contributed by atoms with Gasteiger partial charge in [0, 0.05) is 34.2 Å². The van der Waals surface area contributed by atoms with Gasteiger partial charge in [-0.25, -0.2) is 22.0 Å². The van der Waals surface area contributed by atoms with Crippen LogP contribution in [0.2, 0.25) is 0 Å². The van der Waals surface area contributed by atoms with Crippen LogP contribution in [-0.2, 0) is 22.0 Å². The zero-order chi connectivity index (χ0) is 35.5. The molecule has 5 rings (SSSR count). The Morgan fingerprint density at radius 1 is 0.673 bits per heavy atom. The summed E-state index contributed by atoms with van der Waals surface area (Å²) in [4.78, 5) is 0. The molecule has 0 amide bonds. The number of benzene rings is 4. The highest BCUT2D eigenvalue weighted by atomic mass is 19.4. The largest absolute Gasteiger partial charge is 0.429 e. The minimum atomic E-state index is -4.88. The summed E-state index contributed by atoms with van der Waals surface area (Å²) < 4.78 is 158. The van der Waals surface area contributed by atoms with Crippen molar-refractivity contribution in [3.8, 4) is 28.0 Å². The molecule has 262 valence electrons. The van der Waals surface area contributed by atoms with Gasteiger partial charge < -0.3 is 14.2 Å². The van der Waals surface area contributed by atoms with E-state index in [9.17, 15) is 26.3 Å². The summed E-state index contributed by atoms with van der Waals surface area (Å²) >= 11 is 0. The molecule has 1 fully saturated rings. The number of halogens is 10. The van der Waals surface area contributed by atoms with Crippen molar-refractivity contribution in [2.75, 3.05) is 13.2 Å². The minimum Gasteiger partial charge on any atom is -0.429 e. The molecular weight excluding hydrogens is 670 g/mol. The van der Waals surface area contributed by atoms with Crippen LogP contribution in [0.15, 0.2) is 66.7 Å². The van der Waals surface area contributed by atoms with Gasteiger partial charge in [0.25, 0.3) is 0 Å². The van der Waals surface area contributed by atoms with Crippen LogP contribution in [0.25, 0.3) is 22.3 Å². The Morgan fingerprint density at radius 2 is 1.29 bits per heavy atom. The molecule has 4 aromatic rings. The van der Waals surface area contributed by atoms with Crippen LogP contribution in [0.5, 0.6) is 5.75 Å². The fourth-order valence-electron chi connectivity index (χ4n) is 5.54. The van der Waals surface area contributed by atoms with Gasteiger partial charge in [0.2, 0.25) is 0 Å². The highest BCUT2D eigenvalue weighted by molar-refractivity contribution is 5.72. The second kappa shape index (κ2) is 14.8. The van der Waals surface area contributed by atoms with Crippen LogP contribution in [0.3, 0.4) is 0 Å². The number of hydrogen-bond donors (Lipinski definition) is 0. The quantitative estimate of drug-likeness (QED) is 0.115. The molecule has 13 heteroatoms. The van der Waals surface area contributed by atoms with Gasteiger partial charge in [0.05, 0.1) is 25.2 Å². The summed E-state index contributed by atoms with van der Waals surface area (Å²) in [7, 11) is 0. The fourth-order valence-corrected chi connectivity index (χ4v) is 5.54. The van der Waals surface area contributed by atoms with Gasteiger partial charge in [-0.2, -0.15) is 22.0 Å². The van der Waals surface area contributed by atoms with Crippen molar-refractivity contribution < 1.29 is 58.1 Å². The summed E-state index contributed by atoms with van der Waals surface area (Å²) in [5, 5.41) is 0. The Kier molecular flexibility index (Phi) is 10.9. The molecule has 0 N–H and O–H groups in total. The van der Waals surface area contributed by atoms with Crippen molar-refractivity contribution in [1.29, 1.82) is 0 Å². The Labute approximate surface area is 275 Å². The Bertz CT molecular complexity index is 1760. The van der Waals surface area contributed by atoms with Crippen molar-refractivity contribution in [3.63, 3.8) is 0 Å². The van der Waals surface area contributed by atoms with Crippen molar-refractivity contribution in [1.82, 2.24) is 0 Å². The molecule has 0 aliphatic carbocycles. The third-order valence-corrected chi connectivity index (χ3v) is 8.06. The molecule has 4 aromatic carbocycles. The molecule has 3 nitrogen and oxygen atoms in total. The van der Waals surface area contributed by atoms with E-state index in [2.05, 4.69) is 11.7 Å².